The second-order valence-corrected chi connectivity index (χ2v) is 7.35. The van der Waals surface area contributed by atoms with Crippen LogP contribution in [0.2, 0.25) is 0 Å². The first-order valence-corrected chi connectivity index (χ1v) is 9.26. The molecule has 6 heteroatoms. The molecule has 144 valence electrons. The van der Waals surface area contributed by atoms with Crippen LogP contribution in [-0.2, 0) is 4.79 Å². The van der Waals surface area contributed by atoms with Crippen LogP contribution in [0.3, 0.4) is 0 Å². The molecule has 27 heavy (non-hydrogen) atoms. The highest BCUT2D eigenvalue weighted by Crippen LogP contribution is 2.23. The second-order valence-electron chi connectivity index (χ2n) is 7.35. The molecule has 2 rings (SSSR count). The lowest BCUT2D eigenvalue weighted by atomic mass is 9.93. The van der Waals surface area contributed by atoms with Crippen molar-refractivity contribution in [1.82, 2.24) is 0 Å². The maximum absolute atomic E-state index is 12.3. The van der Waals surface area contributed by atoms with Gasteiger partial charge in [-0.2, -0.15) is 0 Å². The highest BCUT2D eigenvalue weighted by molar-refractivity contribution is 5.93. The van der Waals surface area contributed by atoms with E-state index in [9.17, 15) is 14.9 Å². The van der Waals surface area contributed by atoms with E-state index in [-0.39, 0.29) is 29.9 Å². The van der Waals surface area contributed by atoms with Crippen LogP contribution in [0.1, 0.15) is 50.8 Å². The van der Waals surface area contributed by atoms with Crippen LogP contribution in [-0.4, -0.2) is 17.4 Å². The first-order chi connectivity index (χ1) is 12.8. The average Bonchev–Trinajstić information content (AvgIpc) is 2.62. The second kappa shape index (κ2) is 9.28. The monoisotopic (exact) mass is 370 g/mol. The van der Waals surface area contributed by atoms with E-state index in [2.05, 4.69) is 57.3 Å². The number of nitro groups is 1. The third kappa shape index (κ3) is 5.62. The van der Waals surface area contributed by atoms with Crippen LogP contribution < -0.4 is 10.6 Å². The molecule has 0 aliphatic rings. The molecule has 2 aromatic rings. The fourth-order valence-corrected chi connectivity index (χ4v) is 3.07. The van der Waals surface area contributed by atoms with Gasteiger partial charge in [0.2, 0.25) is 0 Å². The summed E-state index contributed by atoms with van der Waals surface area (Å²) in [5.74, 6) is 0.565. The number of hydrogen-bond donors (Lipinski definition) is 2. The Balaban J connectivity index is 2.03. The minimum Gasteiger partial charge on any atom is -0.332 e. The van der Waals surface area contributed by atoms with Gasteiger partial charge in [-0.25, -0.2) is 0 Å². The highest BCUT2D eigenvalue weighted by atomic mass is 16.6. The zero-order chi connectivity index (χ0) is 20.0. The van der Waals surface area contributed by atoms with Crippen LogP contribution in [0.25, 0.3) is 0 Å². The van der Waals surface area contributed by atoms with Gasteiger partial charge >= 0.3 is 0 Å². The van der Waals surface area contributed by atoms with Crippen molar-refractivity contribution in [3.63, 3.8) is 0 Å². The summed E-state index contributed by atoms with van der Waals surface area (Å²) < 4.78 is 0. The topological polar surface area (TPSA) is 88.8 Å². The van der Waals surface area contributed by atoms with Gasteiger partial charge in [0.15, 0.2) is 6.54 Å². The van der Waals surface area contributed by atoms with Crippen molar-refractivity contribution in [2.45, 2.75) is 39.7 Å². The van der Waals surface area contributed by atoms with E-state index < -0.39 is 4.92 Å². The molecule has 0 aliphatic heterocycles. The Morgan fingerprint density at radius 2 is 1.63 bits per heavy atom. The van der Waals surface area contributed by atoms with Gasteiger partial charge in [0, 0.05) is 17.5 Å². The molecule has 0 aromatic heterocycles. The van der Waals surface area contributed by atoms with Crippen molar-refractivity contribution in [1.29, 1.82) is 0 Å². The van der Waals surface area contributed by atoms with E-state index >= 15 is 0 Å². The number of nitrogens with zero attached hydrogens (tertiary/aromatic N) is 1. The van der Waals surface area contributed by atoms with Gasteiger partial charge < -0.3 is 10.6 Å². The number of nitro benzene ring substituents is 1. The molecule has 0 radical (unpaired) electrons. The van der Waals surface area contributed by atoms with Crippen LogP contribution in [0.5, 0.6) is 0 Å². The molecule has 0 aliphatic carbocycles. The van der Waals surface area contributed by atoms with Crippen LogP contribution >= 0.6 is 0 Å². The smallest absolute Gasteiger partial charge is 0.292 e. The number of carbonyl (C=O) groups excluding carboxylic acids is 1. The van der Waals surface area contributed by atoms with Crippen molar-refractivity contribution in [3.05, 3.63) is 69.8 Å². The predicted octanol–water partition coefficient (Wildman–Crippen LogP) is 3.62. The molecule has 1 amide bonds. The number of para-hydroxylation sites is 2. The Kier molecular flexibility index (Phi) is 7.07. The summed E-state index contributed by atoms with van der Waals surface area (Å²) in [6.45, 7) is 8.76. The average molecular weight is 370 g/mol. The van der Waals surface area contributed by atoms with Gasteiger partial charge in [-0.05, 0) is 17.5 Å². The number of carbonyl (C=O) groups is 1. The Bertz CT molecular complexity index is 786. The molecule has 1 atom stereocenters. The van der Waals surface area contributed by atoms with Gasteiger partial charge in [-0.15, -0.1) is 0 Å². The summed E-state index contributed by atoms with van der Waals surface area (Å²) in [4.78, 5) is 22.9. The fraction of sp³-hybridized carbons (Fsp3) is 0.381. The van der Waals surface area contributed by atoms with Crippen molar-refractivity contribution >= 4 is 17.3 Å². The maximum Gasteiger partial charge on any atom is 0.292 e. The summed E-state index contributed by atoms with van der Waals surface area (Å²) in [7, 11) is 0. The van der Waals surface area contributed by atoms with E-state index in [1.807, 2.05) is 5.32 Å². The first kappa shape index (κ1) is 20.6. The highest BCUT2D eigenvalue weighted by Gasteiger charge is 2.22. The molecule has 3 N–H and O–H groups in total. The third-order valence-corrected chi connectivity index (χ3v) is 4.64. The summed E-state index contributed by atoms with van der Waals surface area (Å²) in [6, 6.07) is 14.8. The number of anilines is 1. The van der Waals surface area contributed by atoms with Crippen LogP contribution in [0, 0.1) is 16.0 Å². The van der Waals surface area contributed by atoms with Gasteiger partial charge in [-0.3, -0.25) is 14.9 Å². The Hall–Kier alpha value is -2.73. The lowest BCUT2D eigenvalue weighted by Gasteiger charge is -2.20. The van der Waals surface area contributed by atoms with Gasteiger partial charge in [0.05, 0.1) is 4.92 Å². The minimum atomic E-state index is -0.494. The normalized spacial score (nSPS) is 12.2. The Morgan fingerprint density at radius 1 is 1.04 bits per heavy atom. The van der Waals surface area contributed by atoms with Crippen molar-refractivity contribution in [3.8, 4) is 0 Å². The molecule has 6 nitrogen and oxygen atoms in total. The van der Waals surface area contributed by atoms with Crippen molar-refractivity contribution < 1.29 is 15.0 Å². The van der Waals surface area contributed by atoms with Crippen LogP contribution in [0.4, 0.5) is 11.4 Å². The molecular weight excluding hydrogens is 342 g/mol. The Labute approximate surface area is 160 Å². The van der Waals surface area contributed by atoms with Gasteiger partial charge in [0.1, 0.15) is 11.7 Å². The number of rotatable bonds is 8. The standard InChI is InChI=1S/C21H27N3O3/c1-14(2)16-9-11-17(12-10-16)21(15(3)4)22-13-20(25)23-18-7-5-6-8-19(18)24(26)27/h5-12,14-15,21-22H,13H2,1-4H3,(H,23,25)/p+1/t21-/m1/s1. The van der Waals surface area contributed by atoms with E-state index in [1.165, 1.54) is 17.2 Å². The lowest BCUT2D eigenvalue weighted by Crippen LogP contribution is -2.88. The number of nitrogens with two attached hydrogens (primary N) is 1. The minimum absolute atomic E-state index is 0.101. The molecule has 0 spiro atoms. The van der Waals surface area contributed by atoms with Gasteiger partial charge in [0.25, 0.3) is 11.6 Å². The molecule has 0 saturated carbocycles. The number of quaternary nitrogens is 1. The first-order valence-electron chi connectivity index (χ1n) is 9.26. The quantitative estimate of drug-likeness (QED) is 0.549. The molecule has 0 unspecified atom stereocenters. The van der Waals surface area contributed by atoms with E-state index in [0.29, 0.717) is 11.8 Å². The van der Waals surface area contributed by atoms with E-state index in [1.54, 1.807) is 18.2 Å². The molecular formula is C21H28N3O3+. The molecule has 2 aromatic carbocycles. The third-order valence-electron chi connectivity index (χ3n) is 4.64. The summed E-state index contributed by atoms with van der Waals surface area (Å²) in [5, 5.41) is 15.7. The largest absolute Gasteiger partial charge is 0.332 e. The predicted molar refractivity (Wildman–Crippen MR) is 107 cm³/mol. The Morgan fingerprint density at radius 3 is 2.19 bits per heavy atom. The van der Waals surface area contributed by atoms with Gasteiger partial charge in [-0.1, -0.05) is 64.1 Å². The molecule has 0 bridgehead atoms. The number of hydrogen-bond acceptors (Lipinski definition) is 3. The molecule has 0 saturated heterocycles. The van der Waals surface area contributed by atoms with Crippen LogP contribution in [0.15, 0.2) is 48.5 Å². The van der Waals surface area contributed by atoms with E-state index in [4.69, 9.17) is 0 Å². The lowest BCUT2D eigenvalue weighted by molar-refractivity contribution is -0.692. The zero-order valence-electron chi connectivity index (χ0n) is 16.3. The summed E-state index contributed by atoms with van der Waals surface area (Å²) in [6.07, 6.45) is 0. The van der Waals surface area contributed by atoms with Crippen molar-refractivity contribution in [2.24, 2.45) is 5.92 Å². The summed E-state index contributed by atoms with van der Waals surface area (Å²) in [5.41, 5.74) is 2.59. The zero-order valence-corrected chi connectivity index (χ0v) is 16.3. The fourth-order valence-electron chi connectivity index (χ4n) is 3.07. The number of nitrogens with one attached hydrogen (secondary N) is 1. The maximum atomic E-state index is 12.3. The molecule has 0 heterocycles. The molecule has 0 fully saturated rings. The summed E-state index contributed by atoms with van der Waals surface area (Å²) >= 11 is 0. The number of benzene rings is 2. The SMILES string of the molecule is CC(C)c1ccc([C@H]([NH2+]CC(=O)Nc2ccccc2[N+](=O)[O-])C(C)C)cc1. The number of amides is 1. The van der Waals surface area contributed by atoms with E-state index in [0.717, 1.165) is 0 Å². The van der Waals surface area contributed by atoms with Crippen molar-refractivity contribution in [2.75, 3.05) is 11.9 Å².